The smallest absolute Gasteiger partial charge is 0.218 e. The van der Waals surface area contributed by atoms with E-state index in [1.54, 1.807) is 0 Å². The van der Waals surface area contributed by atoms with Crippen molar-refractivity contribution in [2.75, 3.05) is 39.3 Å². The Morgan fingerprint density at radius 1 is 0.605 bits per heavy atom. The highest BCUT2D eigenvalue weighted by molar-refractivity contribution is 5.93. The van der Waals surface area contributed by atoms with Gasteiger partial charge in [0.1, 0.15) is 0 Å². The zero-order chi connectivity index (χ0) is 28.8. The van der Waals surface area contributed by atoms with Crippen molar-refractivity contribution in [2.45, 2.75) is 81.1 Å². The lowest BCUT2D eigenvalue weighted by Gasteiger charge is -2.28. The van der Waals surface area contributed by atoms with E-state index in [1.165, 1.54) is 0 Å². The van der Waals surface area contributed by atoms with Gasteiger partial charge in [-0.2, -0.15) is 9.98 Å². The summed E-state index contributed by atoms with van der Waals surface area (Å²) in [6.07, 6.45) is 4.43. The molecule has 0 spiro atoms. The topological polar surface area (TPSA) is 160 Å². The largest absolute Gasteiger partial charge is 0.369 e. The molecule has 8 N–H and O–H groups in total. The molecule has 0 saturated heterocycles. The molecule has 10 heteroatoms. The van der Waals surface area contributed by atoms with Crippen LogP contribution in [-0.4, -0.2) is 72.9 Å². The fourth-order valence-electron chi connectivity index (χ4n) is 4.91. The number of hydrogen-bond acceptors (Lipinski definition) is 2. The minimum Gasteiger partial charge on any atom is -0.369 e. The van der Waals surface area contributed by atoms with E-state index in [2.05, 4.69) is 85.2 Å². The van der Waals surface area contributed by atoms with Gasteiger partial charge in [-0.15, -0.1) is 0 Å². The maximum Gasteiger partial charge on any atom is 0.218 e. The summed E-state index contributed by atoms with van der Waals surface area (Å²) in [6, 6.07) is 0. The summed E-state index contributed by atoms with van der Waals surface area (Å²) in [5, 5.41) is 0. The lowest BCUT2D eigenvalue weighted by atomic mass is 9.81. The van der Waals surface area contributed by atoms with Crippen molar-refractivity contribution in [1.29, 1.82) is 0 Å². The van der Waals surface area contributed by atoms with Crippen LogP contribution in [0.5, 0.6) is 0 Å². The van der Waals surface area contributed by atoms with Gasteiger partial charge in [-0.05, 0) is 54.8 Å². The van der Waals surface area contributed by atoms with Crippen molar-refractivity contribution in [3.63, 3.8) is 0 Å². The van der Waals surface area contributed by atoms with Gasteiger partial charge in [-0.25, -0.2) is 0 Å². The summed E-state index contributed by atoms with van der Waals surface area (Å²) < 4.78 is 0. The molecule has 1 fully saturated rings. The summed E-state index contributed by atoms with van der Waals surface area (Å²) in [5.74, 6) is 4.22. The van der Waals surface area contributed by atoms with Crippen LogP contribution in [0, 0.1) is 35.5 Å². The van der Waals surface area contributed by atoms with Crippen LogP contribution in [-0.2, 0) is 0 Å². The minimum atomic E-state index is 0.251. The van der Waals surface area contributed by atoms with E-state index in [-0.39, 0.29) is 11.9 Å². The van der Waals surface area contributed by atoms with Crippen molar-refractivity contribution < 1.29 is 0 Å². The zero-order valence-corrected chi connectivity index (χ0v) is 25.5. The van der Waals surface area contributed by atoms with E-state index in [1.807, 2.05) is 0 Å². The molecule has 2 atom stereocenters. The molecule has 0 aliphatic heterocycles. The van der Waals surface area contributed by atoms with Gasteiger partial charge in [-0.3, -0.25) is 9.98 Å². The van der Waals surface area contributed by atoms with Gasteiger partial charge in [0.25, 0.3) is 0 Å². The van der Waals surface area contributed by atoms with Crippen LogP contribution in [0.15, 0.2) is 20.0 Å². The molecule has 0 aromatic heterocycles. The Labute approximate surface area is 232 Å². The standard InChI is InChI=1S/C28H58N10/c1-19(2)15-37(16-20(3)4)27(31)35-25(29)33-13-23-10-9-11-24(12-23)14-34-26(30)36-28(32)38(17-21(5)6)18-22(7)8/h19-24H,9-18H2,1-8H3,(H4,29,31,33,35)(H4,30,32,34,36). The number of nitrogens with two attached hydrogens (primary N) is 4. The second kappa shape index (κ2) is 17.1. The number of nitrogens with zero attached hydrogens (tertiary/aromatic N) is 6. The molecule has 1 aliphatic carbocycles. The highest BCUT2D eigenvalue weighted by Crippen LogP contribution is 2.29. The summed E-state index contributed by atoms with van der Waals surface area (Å²) in [5.41, 5.74) is 24.8. The molecule has 220 valence electrons. The first-order valence-corrected chi connectivity index (χ1v) is 14.5. The Morgan fingerprint density at radius 3 is 1.21 bits per heavy atom. The monoisotopic (exact) mass is 534 g/mol. The quantitative estimate of drug-likeness (QED) is 0.222. The van der Waals surface area contributed by atoms with Gasteiger partial charge in [0.15, 0.2) is 11.9 Å². The predicted octanol–water partition coefficient (Wildman–Crippen LogP) is 3.28. The van der Waals surface area contributed by atoms with Crippen LogP contribution in [0.4, 0.5) is 0 Å². The summed E-state index contributed by atoms with van der Waals surface area (Å²) in [6.45, 7) is 22.1. The van der Waals surface area contributed by atoms with Gasteiger partial charge >= 0.3 is 0 Å². The molecule has 0 heterocycles. The molecule has 0 aromatic carbocycles. The molecule has 0 bridgehead atoms. The molecule has 0 aromatic rings. The third kappa shape index (κ3) is 14.4. The molecule has 1 aliphatic rings. The summed E-state index contributed by atoms with van der Waals surface area (Å²) in [4.78, 5) is 22.1. The summed E-state index contributed by atoms with van der Waals surface area (Å²) >= 11 is 0. The number of hydrogen-bond donors (Lipinski definition) is 4. The molecule has 10 nitrogen and oxygen atoms in total. The Kier molecular flexibility index (Phi) is 15.1. The summed E-state index contributed by atoms with van der Waals surface area (Å²) in [7, 11) is 0. The predicted molar refractivity (Wildman–Crippen MR) is 164 cm³/mol. The molecule has 1 saturated carbocycles. The SMILES string of the molecule is CC(C)CN(CC(C)C)/C(N)=N/C(N)=NCC1CCCC(CN=C(N)/N=C(\N)N(CC(C)C)CC(C)C)C1. The van der Waals surface area contributed by atoms with E-state index in [0.717, 1.165) is 51.9 Å². The third-order valence-electron chi connectivity index (χ3n) is 6.36. The minimum absolute atomic E-state index is 0.251. The zero-order valence-electron chi connectivity index (χ0n) is 25.5. The highest BCUT2D eigenvalue weighted by Gasteiger charge is 2.22. The van der Waals surface area contributed by atoms with Gasteiger partial charge in [-0.1, -0.05) is 61.8 Å². The van der Waals surface area contributed by atoms with E-state index in [4.69, 9.17) is 22.9 Å². The first-order chi connectivity index (χ1) is 17.8. The van der Waals surface area contributed by atoms with E-state index in [9.17, 15) is 0 Å². The lowest BCUT2D eigenvalue weighted by molar-refractivity contribution is 0.278. The van der Waals surface area contributed by atoms with Crippen LogP contribution in [0.25, 0.3) is 0 Å². The average Bonchev–Trinajstić information content (AvgIpc) is 2.79. The van der Waals surface area contributed by atoms with Gasteiger partial charge in [0.2, 0.25) is 11.9 Å². The first-order valence-electron chi connectivity index (χ1n) is 14.5. The fourth-order valence-corrected chi connectivity index (χ4v) is 4.91. The van der Waals surface area contributed by atoms with Gasteiger partial charge in [0.05, 0.1) is 0 Å². The van der Waals surface area contributed by atoms with Crippen molar-refractivity contribution >= 4 is 23.8 Å². The second-order valence-corrected chi connectivity index (χ2v) is 12.6. The van der Waals surface area contributed by atoms with E-state index in [0.29, 0.717) is 60.5 Å². The normalized spacial score (nSPS) is 20.2. The lowest BCUT2D eigenvalue weighted by Crippen LogP contribution is -2.42. The molecular formula is C28H58N10. The Morgan fingerprint density at radius 2 is 0.921 bits per heavy atom. The van der Waals surface area contributed by atoms with Crippen LogP contribution in [0.1, 0.15) is 81.1 Å². The van der Waals surface area contributed by atoms with Crippen LogP contribution in [0.3, 0.4) is 0 Å². The number of aliphatic imine (C=N–C) groups is 4. The molecular weight excluding hydrogens is 476 g/mol. The molecule has 0 radical (unpaired) electrons. The molecule has 38 heavy (non-hydrogen) atoms. The van der Waals surface area contributed by atoms with Crippen LogP contribution < -0.4 is 22.9 Å². The highest BCUT2D eigenvalue weighted by atomic mass is 15.3. The Bertz CT molecular complexity index is 713. The van der Waals surface area contributed by atoms with E-state index >= 15 is 0 Å². The van der Waals surface area contributed by atoms with Crippen molar-refractivity contribution in [3.8, 4) is 0 Å². The molecule has 2 unspecified atom stereocenters. The maximum absolute atomic E-state index is 6.28. The van der Waals surface area contributed by atoms with Gasteiger partial charge < -0.3 is 32.7 Å². The van der Waals surface area contributed by atoms with Crippen molar-refractivity contribution in [2.24, 2.45) is 78.4 Å². The fraction of sp³-hybridized carbons (Fsp3) is 0.857. The molecule has 0 amide bonds. The van der Waals surface area contributed by atoms with Crippen LogP contribution in [0.2, 0.25) is 0 Å². The van der Waals surface area contributed by atoms with Crippen molar-refractivity contribution in [3.05, 3.63) is 0 Å². The molecule has 1 rings (SSSR count). The number of guanidine groups is 4. The maximum atomic E-state index is 6.28. The second-order valence-electron chi connectivity index (χ2n) is 12.6. The Balaban J connectivity index is 2.72. The Hall–Kier alpha value is -2.52. The van der Waals surface area contributed by atoms with E-state index < -0.39 is 0 Å². The number of rotatable bonds is 12. The van der Waals surface area contributed by atoms with Gasteiger partial charge in [0, 0.05) is 39.3 Å². The van der Waals surface area contributed by atoms with Crippen molar-refractivity contribution in [1.82, 2.24) is 9.80 Å². The average molecular weight is 535 g/mol. The first kappa shape index (κ1) is 33.5. The third-order valence-corrected chi connectivity index (χ3v) is 6.36. The van der Waals surface area contributed by atoms with Crippen LogP contribution >= 0.6 is 0 Å².